The van der Waals surface area contributed by atoms with Crippen LogP contribution in [0.1, 0.15) is 39.5 Å². The van der Waals surface area contributed by atoms with Crippen LogP contribution in [-0.2, 0) is 4.74 Å². The summed E-state index contributed by atoms with van der Waals surface area (Å²) in [7, 11) is 1.83. The summed E-state index contributed by atoms with van der Waals surface area (Å²) in [4.78, 5) is 0. The molecule has 1 saturated heterocycles. The summed E-state index contributed by atoms with van der Waals surface area (Å²) in [5.41, 5.74) is 0.305. The van der Waals surface area contributed by atoms with Crippen molar-refractivity contribution in [2.45, 2.75) is 51.7 Å². The van der Waals surface area contributed by atoms with Gasteiger partial charge in [0.1, 0.15) is 0 Å². The Kier molecular flexibility index (Phi) is 4.45. The number of ether oxygens (including phenoxy) is 1. The van der Waals surface area contributed by atoms with Crippen LogP contribution in [0, 0.1) is 11.3 Å². The number of methoxy groups -OCH3 is 1. The van der Waals surface area contributed by atoms with Crippen molar-refractivity contribution in [3.63, 3.8) is 0 Å². The molecule has 3 unspecified atom stereocenters. The van der Waals surface area contributed by atoms with Crippen LogP contribution < -0.4 is 10.6 Å². The molecule has 0 aromatic rings. The second-order valence-corrected chi connectivity index (χ2v) is 6.29. The van der Waals surface area contributed by atoms with Crippen LogP contribution in [0.15, 0.2) is 0 Å². The third kappa shape index (κ3) is 3.01. The van der Waals surface area contributed by atoms with Gasteiger partial charge in [-0.1, -0.05) is 13.8 Å². The van der Waals surface area contributed by atoms with E-state index in [1.54, 1.807) is 0 Å². The molecule has 0 amide bonds. The van der Waals surface area contributed by atoms with Crippen molar-refractivity contribution in [3.05, 3.63) is 0 Å². The number of hydrogen-bond donors (Lipinski definition) is 2. The number of nitrogens with one attached hydrogen (secondary N) is 2. The standard InChI is InChI=1S/C14H28N2O/c1-14(2)12(9-13(14)17-3)16-8-6-11-5-4-7-15-10-11/h11-13,15-16H,4-10H2,1-3H3. The highest BCUT2D eigenvalue weighted by atomic mass is 16.5. The predicted molar refractivity (Wildman–Crippen MR) is 71.2 cm³/mol. The summed E-state index contributed by atoms with van der Waals surface area (Å²) in [5.74, 6) is 0.887. The number of piperidine rings is 1. The molecule has 1 heterocycles. The zero-order valence-electron chi connectivity index (χ0n) is 11.6. The fraction of sp³-hybridized carbons (Fsp3) is 1.00. The van der Waals surface area contributed by atoms with E-state index in [0.717, 1.165) is 12.5 Å². The van der Waals surface area contributed by atoms with Gasteiger partial charge in [-0.3, -0.25) is 0 Å². The molecule has 0 radical (unpaired) electrons. The first-order chi connectivity index (χ1) is 8.14. The van der Waals surface area contributed by atoms with Gasteiger partial charge in [-0.25, -0.2) is 0 Å². The second kappa shape index (κ2) is 5.68. The average Bonchev–Trinajstić information content (AvgIpc) is 2.34. The Balaban J connectivity index is 1.63. The quantitative estimate of drug-likeness (QED) is 0.768. The van der Waals surface area contributed by atoms with Crippen LogP contribution >= 0.6 is 0 Å². The minimum absolute atomic E-state index is 0.305. The van der Waals surface area contributed by atoms with E-state index in [9.17, 15) is 0 Å². The molecule has 0 spiro atoms. The largest absolute Gasteiger partial charge is 0.381 e. The number of rotatable bonds is 5. The van der Waals surface area contributed by atoms with Gasteiger partial charge in [0.2, 0.25) is 0 Å². The summed E-state index contributed by atoms with van der Waals surface area (Å²) in [6, 6.07) is 0.643. The minimum Gasteiger partial charge on any atom is -0.381 e. The highest BCUT2D eigenvalue weighted by Crippen LogP contribution is 2.42. The van der Waals surface area contributed by atoms with E-state index in [-0.39, 0.29) is 0 Å². The fourth-order valence-corrected chi connectivity index (χ4v) is 3.26. The second-order valence-electron chi connectivity index (χ2n) is 6.29. The molecule has 1 saturated carbocycles. The van der Waals surface area contributed by atoms with Crippen molar-refractivity contribution in [1.82, 2.24) is 10.6 Å². The number of hydrogen-bond acceptors (Lipinski definition) is 3. The summed E-state index contributed by atoms with van der Waals surface area (Å²) in [5, 5.41) is 7.20. The molecule has 3 heteroatoms. The van der Waals surface area contributed by atoms with Crippen LogP contribution in [0.2, 0.25) is 0 Å². The zero-order valence-corrected chi connectivity index (χ0v) is 11.6. The van der Waals surface area contributed by atoms with Crippen LogP contribution in [0.5, 0.6) is 0 Å². The molecule has 0 aromatic carbocycles. The van der Waals surface area contributed by atoms with E-state index in [2.05, 4.69) is 24.5 Å². The van der Waals surface area contributed by atoms with Gasteiger partial charge in [0.25, 0.3) is 0 Å². The maximum Gasteiger partial charge on any atom is 0.0652 e. The molecule has 17 heavy (non-hydrogen) atoms. The van der Waals surface area contributed by atoms with E-state index in [1.807, 2.05) is 7.11 Å². The molecule has 3 atom stereocenters. The normalized spacial score (nSPS) is 36.5. The first kappa shape index (κ1) is 13.3. The maximum absolute atomic E-state index is 5.48. The van der Waals surface area contributed by atoms with Gasteiger partial charge < -0.3 is 15.4 Å². The first-order valence-corrected chi connectivity index (χ1v) is 7.11. The summed E-state index contributed by atoms with van der Waals surface area (Å²) in [6.07, 6.45) is 5.69. The smallest absolute Gasteiger partial charge is 0.0652 e. The molecule has 2 fully saturated rings. The van der Waals surface area contributed by atoms with Crippen LogP contribution in [-0.4, -0.2) is 38.9 Å². The summed E-state index contributed by atoms with van der Waals surface area (Å²) < 4.78 is 5.48. The maximum atomic E-state index is 5.48. The van der Waals surface area contributed by atoms with Crippen molar-refractivity contribution in [2.24, 2.45) is 11.3 Å². The molecule has 100 valence electrons. The molecule has 0 bridgehead atoms. The summed E-state index contributed by atoms with van der Waals surface area (Å²) >= 11 is 0. The van der Waals surface area contributed by atoms with Gasteiger partial charge in [0.05, 0.1) is 6.10 Å². The van der Waals surface area contributed by atoms with Gasteiger partial charge in [-0.05, 0) is 51.2 Å². The van der Waals surface area contributed by atoms with Gasteiger partial charge >= 0.3 is 0 Å². The molecule has 2 N–H and O–H groups in total. The van der Waals surface area contributed by atoms with Crippen molar-refractivity contribution in [1.29, 1.82) is 0 Å². The van der Waals surface area contributed by atoms with Crippen LogP contribution in [0.25, 0.3) is 0 Å². The van der Waals surface area contributed by atoms with Crippen molar-refractivity contribution in [3.8, 4) is 0 Å². The zero-order chi connectivity index (χ0) is 12.3. The molecule has 0 aromatic heterocycles. The van der Waals surface area contributed by atoms with E-state index in [1.165, 1.54) is 38.8 Å². The molecular weight excluding hydrogens is 212 g/mol. The van der Waals surface area contributed by atoms with Crippen LogP contribution in [0.3, 0.4) is 0 Å². The van der Waals surface area contributed by atoms with E-state index in [0.29, 0.717) is 17.6 Å². The molecule has 1 aliphatic carbocycles. The molecule has 2 rings (SSSR count). The minimum atomic E-state index is 0.305. The summed E-state index contributed by atoms with van der Waals surface area (Å²) in [6.45, 7) is 8.22. The third-order valence-electron chi connectivity index (χ3n) is 4.80. The highest BCUT2D eigenvalue weighted by molar-refractivity contribution is 5.02. The van der Waals surface area contributed by atoms with Crippen molar-refractivity contribution in [2.75, 3.05) is 26.7 Å². The Hall–Kier alpha value is -0.120. The molecular formula is C14H28N2O. The lowest BCUT2D eigenvalue weighted by atomic mass is 9.64. The van der Waals surface area contributed by atoms with Gasteiger partial charge in [-0.15, -0.1) is 0 Å². The molecule has 1 aliphatic heterocycles. The lowest BCUT2D eigenvalue weighted by Gasteiger charge is -2.51. The molecule has 3 nitrogen and oxygen atoms in total. The Bertz CT molecular complexity index is 236. The third-order valence-corrected chi connectivity index (χ3v) is 4.80. The highest BCUT2D eigenvalue weighted by Gasteiger charge is 2.48. The SMILES string of the molecule is COC1CC(NCCC2CCCNC2)C1(C)C. The van der Waals surface area contributed by atoms with Crippen molar-refractivity contribution < 1.29 is 4.74 Å². The van der Waals surface area contributed by atoms with Gasteiger partial charge in [0.15, 0.2) is 0 Å². The Labute approximate surface area is 106 Å². The van der Waals surface area contributed by atoms with Gasteiger partial charge in [-0.2, -0.15) is 0 Å². The van der Waals surface area contributed by atoms with Gasteiger partial charge in [0, 0.05) is 18.6 Å². The topological polar surface area (TPSA) is 33.3 Å². The first-order valence-electron chi connectivity index (χ1n) is 7.11. The monoisotopic (exact) mass is 240 g/mol. The van der Waals surface area contributed by atoms with Crippen LogP contribution in [0.4, 0.5) is 0 Å². The Morgan fingerprint density at radius 1 is 1.41 bits per heavy atom. The van der Waals surface area contributed by atoms with Crippen molar-refractivity contribution >= 4 is 0 Å². The van der Waals surface area contributed by atoms with E-state index in [4.69, 9.17) is 4.74 Å². The lowest BCUT2D eigenvalue weighted by molar-refractivity contribution is -0.0974. The Morgan fingerprint density at radius 2 is 2.24 bits per heavy atom. The van der Waals surface area contributed by atoms with E-state index < -0.39 is 0 Å². The lowest BCUT2D eigenvalue weighted by Crippen LogP contribution is -2.60. The Morgan fingerprint density at radius 3 is 2.82 bits per heavy atom. The fourth-order valence-electron chi connectivity index (χ4n) is 3.26. The van der Waals surface area contributed by atoms with E-state index >= 15 is 0 Å². The average molecular weight is 240 g/mol. The predicted octanol–water partition coefficient (Wildman–Crippen LogP) is 1.78. The molecule has 2 aliphatic rings.